The number of piperidine rings is 3. The van der Waals surface area contributed by atoms with Crippen molar-refractivity contribution in [1.82, 2.24) is 19.6 Å². The van der Waals surface area contributed by atoms with Gasteiger partial charge in [-0.3, -0.25) is 9.59 Å². The van der Waals surface area contributed by atoms with Crippen LogP contribution >= 0.6 is 0 Å². The van der Waals surface area contributed by atoms with Crippen molar-refractivity contribution >= 4 is 29.7 Å². The highest BCUT2D eigenvalue weighted by Crippen LogP contribution is 2.33. The quantitative estimate of drug-likeness (QED) is 0.276. The summed E-state index contributed by atoms with van der Waals surface area (Å²) < 4.78 is 11.5. The van der Waals surface area contributed by atoms with Gasteiger partial charge in [0.1, 0.15) is 5.75 Å². The normalized spacial score (nSPS) is 20.1. The Hall–Kier alpha value is -4.12. The molecule has 4 heterocycles. The molecule has 2 aromatic carbocycles. The molecule has 278 valence electrons. The van der Waals surface area contributed by atoms with Crippen molar-refractivity contribution in [3.8, 4) is 5.75 Å². The van der Waals surface area contributed by atoms with Crippen LogP contribution in [0.15, 0.2) is 36.4 Å². The fraction of sp³-hybridized carbons (Fsp3) is 0.600. The molecule has 11 nitrogen and oxygen atoms in total. The lowest BCUT2D eigenvalue weighted by atomic mass is 9.79. The maximum Gasteiger partial charge on any atom is 0.410 e. The van der Waals surface area contributed by atoms with Gasteiger partial charge in [0.15, 0.2) is 6.10 Å². The molecule has 0 radical (unpaired) electrons. The van der Waals surface area contributed by atoms with E-state index in [1.165, 1.54) is 19.8 Å². The van der Waals surface area contributed by atoms with Crippen LogP contribution in [0.1, 0.15) is 75.1 Å². The molecule has 0 aliphatic carbocycles. The van der Waals surface area contributed by atoms with Crippen molar-refractivity contribution in [1.29, 1.82) is 0 Å². The minimum atomic E-state index is -0.978. The molecular weight excluding hydrogens is 646 g/mol. The summed E-state index contributed by atoms with van der Waals surface area (Å²) in [5.41, 5.74) is 4.39. The number of hydrogen-bond acceptors (Lipinski definition) is 7. The Bertz CT molecular complexity index is 1530. The zero-order chi connectivity index (χ0) is 35.4. The highest BCUT2D eigenvalue weighted by atomic mass is 16.6. The summed E-state index contributed by atoms with van der Waals surface area (Å²) in [5, 5.41) is 3.05. The number of nitrogens with zero attached hydrogens (tertiary/aromatic N) is 4. The van der Waals surface area contributed by atoms with Crippen LogP contribution < -0.4 is 10.1 Å². The van der Waals surface area contributed by atoms with Gasteiger partial charge < -0.3 is 34.4 Å². The van der Waals surface area contributed by atoms with E-state index in [0.717, 1.165) is 60.3 Å². The van der Waals surface area contributed by atoms with E-state index in [-0.39, 0.29) is 37.8 Å². The highest BCUT2D eigenvalue weighted by molar-refractivity contribution is 5.91. The number of nitrogens with one attached hydrogen (secondary N) is 1. The van der Waals surface area contributed by atoms with E-state index in [4.69, 9.17) is 9.47 Å². The highest BCUT2D eigenvalue weighted by Gasteiger charge is 2.37. The van der Waals surface area contributed by atoms with Crippen molar-refractivity contribution in [2.45, 2.75) is 91.7 Å². The van der Waals surface area contributed by atoms with Gasteiger partial charge in [0, 0.05) is 57.8 Å². The first-order valence-corrected chi connectivity index (χ1v) is 18.4. The van der Waals surface area contributed by atoms with E-state index in [9.17, 15) is 19.2 Å². The Labute approximate surface area is 303 Å². The zero-order valence-corrected chi connectivity index (χ0v) is 30.1. The maximum absolute atomic E-state index is 14.2. The summed E-state index contributed by atoms with van der Waals surface area (Å²) in [7, 11) is 2.18. The van der Waals surface area contributed by atoms with E-state index >= 15 is 0 Å². The first-order chi connectivity index (χ1) is 24.0. The molecule has 0 unspecified atom stereocenters. The van der Waals surface area contributed by atoms with Crippen molar-refractivity contribution in [2.75, 3.05) is 58.2 Å². The molecule has 3 fully saturated rings. The van der Waals surface area contributed by atoms with Gasteiger partial charge >= 0.3 is 18.1 Å². The summed E-state index contributed by atoms with van der Waals surface area (Å²) in [6, 6.07) is 11.6. The van der Waals surface area contributed by atoms with Gasteiger partial charge in [-0.15, -0.1) is 0 Å². The molecule has 2 aromatic rings. The number of hydrogen-bond donors (Lipinski definition) is 1. The predicted molar refractivity (Wildman–Crippen MR) is 198 cm³/mol. The Morgan fingerprint density at radius 2 is 1.43 bits per heavy atom. The van der Waals surface area contributed by atoms with E-state index in [0.29, 0.717) is 63.2 Å². The number of ether oxygens (including phenoxy) is 2. The monoisotopic (exact) mass is 703 g/mol. The lowest BCUT2D eigenvalue weighted by Crippen LogP contribution is -2.52. The molecule has 51 heavy (non-hydrogen) atoms. The van der Waals surface area contributed by atoms with Crippen molar-refractivity contribution in [3.05, 3.63) is 58.7 Å². The number of para-hydroxylation sites is 1. The van der Waals surface area contributed by atoms with Crippen LogP contribution in [-0.4, -0.2) is 109 Å². The summed E-state index contributed by atoms with van der Waals surface area (Å²) in [4.78, 5) is 60.5. The van der Waals surface area contributed by atoms with Gasteiger partial charge in [-0.05, 0) is 119 Å². The molecule has 6 rings (SSSR count). The Morgan fingerprint density at radius 3 is 2.06 bits per heavy atom. The number of benzene rings is 2. The molecule has 4 aliphatic heterocycles. The molecule has 0 bridgehead atoms. The van der Waals surface area contributed by atoms with Crippen LogP contribution in [-0.2, 0) is 27.2 Å². The number of carbonyl (C=O) groups is 4. The number of anilines is 1. The standard InChI is InChI=1S/C39H53N5O6.CH4/c1-26-23-29(24-27(2)36(26)49-28(3)45)25-35(37(46)42-18-11-31(12-19-42)30-9-16-41(4)17-10-30)50-39(48)43-20-14-33(15-21-43)44-22-13-32-7-5-6-8-34(32)40-38(44)47;/h5-8,23-24,30-31,33,35H,9-22,25H2,1-4H3,(H,40,47);1H4/t35-;/m1./s1. The summed E-state index contributed by atoms with van der Waals surface area (Å²) >= 11 is 0. The van der Waals surface area contributed by atoms with Crippen molar-refractivity contribution in [3.63, 3.8) is 0 Å². The average molecular weight is 704 g/mol. The second kappa shape index (κ2) is 16.9. The third kappa shape index (κ3) is 9.22. The third-order valence-corrected chi connectivity index (χ3v) is 11.3. The van der Waals surface area contributed by atoms with Gasteiger partial charge in [-0.25, -0.2) is 9.59 Å². The fourth-order valence-corrected chi connectivity index (χ4v) is 8.45. The number of rotatable bonds is 7. The van der Waals surface area contributed by atoms with Crippen LogP contribution in [0.3, 0.4) is 0 Å². The molecule has 11 heteroatoms. The molecule has 0 spiro atoms. The van der Waals surface area contributed by atoms with Gasteiger partial charge in [0.2, 0.25) is 0 Å². The summed E-state index contributed by atoms with van der Waals surface area (Å²) in [6.45, 7) is 10.2. The Morgan fingerprint density at radius 1 is 0.843 bits per heavy atom. The lowest BCUT2D eigenvalue weighted by Gasteiger charge is -2.40. The number of aryl methyl sites for hydroxylation is 2. The minimum Gasteiger partial charge on any atom is -0.436 e. The van der Waals surface area contributed by atoms with Crippen LogP contribution in [0.4, 0.5) is 15.3 Å². The van der Waals surface area contributed by atoms with E-state index in [2.05, 4.69) is 17.3 Å². The minimum absolute atomic E-state index is 0. The van der Waals surface area contributed by atoms with Crippen LogP contribution in [0.5, 0.6) is 5.75 Å². The smallest absolute Gasteiger partial charge is 0.410 e. The number of carbonyl (C=O) groups excluding carboxylic acids is 4. The van der Waals surface area contributed by atoms with Gasteiger partial charge in [-0.2, -0.15) is 0 Å². The van der Waals surface area contributed by atoms with Crippen LogP contribution in [0.2, 0.25) is 0 Å². The molecule has 3 saturated heterocycles. The number of likely N-dealkylation sites (tertiary alicyclic amines) is 3. The number of fused-ring (bicyclic) bond motifs is 1. The SMILES string of the molecule is C.CC(=O)Oc1c(C)cc(C[C@@H](OC(=O)N2CCC(N3CCc4ccccc4NC3=O)CC2)C(=O)N2CCC(C3CCN(C)CC3)CC2)cc1C. The van der Waals surface area contributed by atoms with Gasteiger partial charge in [0.25, 0.3) is 5.91 Å². The summed E-state index contributed by atoms with van der Waals surface area (Å²) in [5.74, 6) is 1.30. The molecule has 4 aliphatic rings. The largest absolute Gasteiger partial charge is 0.436 e. The molecule has 4 amide bonds. The zero-order valence-electron chi connectivity index (χ0n) is 30.1. The van der Waals surface area contributed by atoms with Crippen LogP contribution in [0, 0.1) is 25.7 Å². The maximum atomic E-state index is 14.2. The molecule has 0 aromatic heterocycles. The van der Waals surface area contributed by atoms with Crippen LogP contribution in [0.25, 0.3) is 0 Å². The van der Waals surface area contributed by atoms with Gasteiger partial charge in [0.05, 0.1) is 0 Å². The topological polar surface area (TPSA) is 112 Å². The van der Waals surface area contributed by atoms with Crippen molar-refractivity contribution < 1.29 is 28.7 Å². The first kappa shape index (κ1) is 38.1. The second-order valence-electron chi connectivity index (χ2n) is 14.8. The number of urea groups is 1. The molecule has 1 atom stereocenters. The fourth-order valence-electron chi connectivity index (χ4n) is 8.45. The Balaban J connectivity index is 0.00000504. The lowest BCUT2D eigenvalue weighted by molar-refractivity contribution is -0.142. The molecule has 1 N–H and O–H groups in total. The summed E-state index contributed by atoms with van der Waals surface area (Å²) in [6.07, 6.45) is 5.17. The van der Waals surface area contributed by atoms with E-state index in [1.807, 2.05) is 60.0 Å². The molecular formula is C40H57N5O6. The Kier molecular flexibility index (Phi) is 12.7. The van der Waals surface area contributed by atoms with Crippen molar-refractivity contribution in [2.24, 2.45) is 11.8 Å². The van der Waals surface area contributed by atoms with Gasteiger partial charge in [-0.1, -0.05) is 37.8 Å². The van der Waals surface area contributed by atoms with E-state index < -0.39 is 12.2 Å². The number of amides is 4. The first-order valence-electron chi connectivity index (χ1n) is 18.4. The number of esters is 1. The molecule has 0 saturated carbocycles. The van der Waals surface area contributed by atoms with E-state index in [1.54, 1.807) is 4.90 Å². The predicted octanol–water partition coefficient (Wildman–Crippen LogP) is 6.05. The second-order valence-corrected chi connectivity index (χ2v) is 14.8. The third-order valence-electron chi connectivity index (χ3n) is 11.3. The average Bonchev–Trinajstić information content (AvgIpc) is 3.27.